The number of nitrogens with one attached hydrogen (secondary N) is 1. The van der Waals surface area contributed by atoms with Crippen LogP contribution in [-0.2, 0) is 4.79 Å². The van der Waals surface area contributed by atoms with Crippen molar-refractivity contribution in [2.75, 3.05) is 13.6 Å². The number of nitrogens with two attached hydrogens (primary N) is 1. The molecule has 2 saturated carbocycles. The lowest BCUT2D eigenvalue weighted by Gasteiger charge is -2.48. The Morgan fingerprint density at radius 1 is 1.20 bits per heavy atom. The van der Waals surface area contributed by atoms with Crippen molar-refractivity contribution in [2.24, 2.45) is 11.7 Å². The van der Waals surface area contributed by atoms with Gasteiger partial charge in [0.15, 0.2) is 0 Å². The van der Waals surface area contributed by atoms with E-state index in [9.17, 15) is 4.79 Å². The normalized spacial score (nSPS) is 42.4. The van der Waals surface area contributed by atoms with Crippen LogP contribution >= 0.6 is 0 Å². The molecule has 3 N–H and O–H groups in total. The lowest BCUT2D eigenvalue weighted by molar-refractivity contribution is -0.127. The van der Waals surface area contributed by atoms with Crippen LogP contribution in [0.25, 0.3) is 0 Å². The van der Waals surface area contributed by atoms with Gasteiger partial charge in [0.2, 0.25) is 5.91 Å². The van der Waals surface area contributed by atoms with Crippen LogP contribution in [0.5, 0.6) is 0 Å². The molecule has 4 atom stereocenters. The average molecular weight is 279 g/mol. The number of rotatable bonds is 3. The van der Waals surface area contributed by atoms with Crippen LogP contribution in [0.15, 0.2) is 0 Å². The maximum absolute atomic E-state index is 11.9. The third kappa shape index (κ3) is 2.37. The number of amides is 1. The van der Waals surface area contributed by atoms with Crippen molar-refractivity contribution >= 4 is 5.91 Å². The molecule has 114 valence electrons. The number of nitrogens with zero attached hydrogens (tertiary/aromatic N) is 1. The maximum atomic E-state index is 11.9. The topological polar surface area (TPSA) is 58.4 Å². The monoisotopic (exact) mass is 279 g/mol. The molecular weight excluding hydrogens is 250 g/mol. The predicted octanol–water partition coefficient (Wildman–Crippen LogP) is 1.64. The smallest absolute Gasteiger partial charge is 0.237 e. The van der Waals surface area contributed by atoms with Gasteiger partial charge in [-0.1, -0.05) is 6.42 Å². The highest BCUT2D eigenvalue weighted by Crippen LogP contribution is 2.41. The lowest BCUT2D eigenvalue weighted by atomic mass is 9.76. The Morgan fingerprint density at radius 2 is 2.00 bits per heavy atom. The summed E-state index contributed by atoms with van der Waals surface area (Å²) < 4.78 is 0. The molecule has 2 aliphatic carbocycles. The number of carbonyl (C=O) groups excluding carboxylic acids is 1. The number of likely N-dealkylation sites (tertiary alicyclic amines) is 1. The van der Waals surface area contributed by atoms with Crippen LogP contribution in [0.2, 0.25) is 0 Å². The zero-order chi connectivity index (χ0) is 14.2. The molecule has 1 amide bonds. The van der Waals surface area contributed by atoms with Gasteiger partial charge >= 0.3 is 0 Å². The summed E-state index contributed by atoms with van der Waals surface area (Å²) >= 11 is 0. The van der Waals surface area contributed by atoms with Gasteiger partial charge in [0, 0.05) is 12.1 Å². The SMILES string of the molecule is CNC1(C(N)=O)CCCC(N2CCCC3CCCC32)C1. The van der Waals surface area contributed by atoms with Crippen LogP contribution in [0.3, 0.4) is 0 Å². The molecule has 0 aromatic rings. The van der Waals surface area contributed by atoms with Crippen LogP contribution in [0.4, 0.5) is 0 Å². The number of piperidine rings is 1. The Kier molecular flexibility index (Phi) is 4.04. The average Bonchev–Trinajstić information content (AvgIpc) is 2.95. The van der Waals surface area contributed by atoms with Gasteiger partial charge in [-0.25, -0.2) is 0 Å². The number of fused-ring (bicyclic) bond motifs is 1. The standard InChI is InChI=1S/C16H29N3O/c1-18-16(15(17)20)9-3-7-13(11-16)19-10-4-6-12-5-2-8-14(12)19/h12-14,18H,2-11H2,1H3,(H2,17,20). The Hall–Kier alpha value is -0.610. The first kappa shape index (κ1) is 14.3. The molecule has 0 aromatic carbocycles. The van der Waals surface area contributed by atoms with E-state index in [4.69, 9.17) is 5.73 Å². The lowest BCUT2D eigenvalue weighted by Crippen LogP contribution is -2.61. The van der Waals surface area contributed by atoms with Crippen molar-refractivity contribution < 1.29 is 4.79 Å². The molecule has 1 heterocycles. The number of hydrogen-bond acceptors (Lipinski definition) is 3. The van der Waals surface area contributed by atoms with E-state index < -0.39 is 5.54 Å². The second-order valence-corrected chi connectivity index (χ2v) is 7.08. The highest BCUT2D eigenvalue weighted by atomic mass is 16.1. The molecule has 0 spiro atoms. The minimum Gasteiger partial charge on any atom is -0.368 e. The van der Waals surface area contributed by atoms with Crippen molar-refractivity contribution in [2.45, 2.75) is 75.4 Å². The van der Waals surface area contributed by atoms with Gasteiger partial charge in [0.05, 0.1) is 5.54 Å². The van der Waals surface area contributed by atoms with Crippen LogP contribution in [-0.4, -0.2) is 42.0 Å². The Morgan fingerprint density at radius 3 is 2.75 bits per heavy atom. The summed E-state index contributed by atoms with van der Waals surface area (Å²) in [4.78, 5) is 14.7. The van der Waals surface area contributed by atoms with Gasteiger partial charge in [0.1, 0.15) is 0 Å². The van der Waals surface area contributed by atoms with E-state index >= 15 is 0 Å². The Bertz CT molecular complexity index is 373. The summed E-state index contributed by atoms with van der Waals surface area (Å²) in [5.41, 5.74) is 5.23. The zero-order valence-corrected chi connectivity index (χ0v) is 12.7. The largest absolute Gasteiger partial charge is 0.368 e. The highest BCUT2D eigenvalue weighted by molar-refractivity contribution is 5.84. The molecule has 0 bridgehead atoms. The number of likely N-dealkylation sites (N-methyl/N-ethyl adjacent to an activating group) is 1. The van der Waals surface area contributed by atoms with Gasteiger partial charge in [-0.15, -0.1) is 0 Å². The van der Waals surface area contributed by atoms with E-state index in [0.717, 1.165) is 31.2 Å². The molecule has 4 unspecified atom stereocenters. The highest BCUT2D eigenvalue weighted by Gasteiger charge is 2.45. The first-order chi connectivity index (χ1) is 9.66. The third-order valence-corrected chi connectivity index (χ3v) is 6.18. The molecule has 20 heavy (non-hydrogen) atoms. The van der Waals surface area contributed by atoms with E-state index in [1.165, 1.54) is 45.1 Å². The molecule has 4 heteroatoms. The predicted molar refractivity (Wildman–Crippen MR) is 80.3 cm³/mol. The summed E-state index contributed by atoms with van der Waals surface area (Å²) in [5.74, 6) is 0.757. The van der Waals surface area contributed by atoms with Gasteiger partial charge in [-0.2, -0.15) is 0 Å². The van der Waals surface area contributed by atoms with Crippen molar-refractivity contribution in [3.63, 3.8) is 0 Å². The molecule has 3 rings (SSSR count). The van der Waals surface area contributed by atoms with Gasteiger partial charge in [-0.05, 0) is 70.9 Å². The van der Waals surface area contributed by atoms with E-state index in [0.29, 0.717) is 6.04 Å². The van der Waals surface area contributed by atoms with Gasteiger partial charge in [-0.3, -0.25) is 9.69 Å². The van der Waals surface area contributed by atoms with Gasteiger partial charge < -0.3 is 11.1 Å². The summed E-state index contributed by atoms with van der Waals surface area (Å²) in [7, 11) is 1.89. The van der Waals surface area contributed by atoms with E-state index in [-0.39, 0.29) is 5.91 Å². The second kappa shape index (κ2) is 5.64. The van der Waals surface area contributed by atoms with Crippen molar-refractivity contribution in [3.8, 4) is 0 Å². The molecule has 3 fully saturated rings. The molecule has 0 aromatic heterocycles. The fraction of sp³-hybridized carbons (Fsp3) is 0.938. The molecule has 0 radical (unpaired) electrons. The first-order valence-electron chi connectivity index (χ1n) is 8.41. The Labute approximate surface area is 122 Å². The number of carbonyl (C=O) groups is 1. The first-order valence-corrected chi connectivity index (χ1v) is 8.41. The fourth-order valence-electron chi connectivity index (χ4n) is 5.05. The van der Waals surface area contributed by atoms with E-state index in [1.54, 1.807) is 0 Å². The van der Waals surface area contributed by atoms with Crippen molar-refractivity contribution in [1.82, 2.24) is 10.2 Å². The molecule has 1 aliphatic heterocycles. The van der Waals surface area contributed by atoms with E-state index in [2.05, 4.69) is 10.2 Å². The van der Waals surface area contributed by atoms with Gasteiger partial charge in [0.25, 0.3) is 0 Å². The molecule has 3 aliphatic rings. The van der Waals surface area contributed by atoms with Crippen LogP contribution in [0, 0.1) is 5.92 Å². The zero-order valence-electron chi connectivity index (χ0n) is 12.7. The molecule has 4 nitrogen and oxygen atoms in total. The summed E-state index contributed by atoms with van der Waals surface area (Å²) in [6.45, 7) is 1.23. The summed E-state index contributed by atoms with van der Waals surface area (Å²) in [6, 6.07) is 1.34. The number of hydrogen-bond donors (Lipinski definition) is 2. The fourth-order valence-corrected chi connectivity index (χ4v) is 5.05. The minimum absolute atomic E-state index is 0.162. The quantitative estimate of drug-likeness (QED) is 0.825. The number of primary amides is 1. The second-order valence-electron chi connectivity index (χ2n) is 7.08. The van der Waals surface area contributed by atoms with Crippen LogP contribution < -0.4 is 11.1 Å². The minimum atomic E-state index is -0.464. The third-order valence-electron chi connectivity index (χ3n) is 6.18. The van der Waals surface area contributed by atoms with Crippen molar-refractivity contribution in [1.29, 1.82) is 0 Å². The summed E-state index contributed by atoms with van der Waals surface area (Å²) in [6.07, 6.45) is 11.1. The summed E-state index contributed by atoms with van der Waals surface area (Å²) in [5, 5.41) is 3.24. The van der Waals surface area contributed by atoms with Crippen LogP contribution in [0.1, 0.15) is 57.8 Å². The van der Waals surface area contributed by atoms with E-state index in [1.807, 2.05) is 7.05 Å². The maximum Gasteiger partial charge on any atom is 0.237 e. The molecule has 1 saturated heterocycles. The molecular formula is C16H29N3O. The van der Waals surface area contributed by atoms with Crippen molar-refractivity contribution in [3.05, 3.63) is 0 Å². The Balaban J connectivity index is 1.74.